The van der Waals surface area contributed by atoms with Crippen molar-refractivity contribution in [2.45, 2.75) is 19.5 Å². The highest BCUT2D eigenvalue weighted by molar-refractivity contribution is 7.95. The maximum absolute atomic E-state index is 12.1. The van der Waals surface area contributed by atoms with Crippen molar-refractivity contribution in [2.24, 2.45) is 0 Å². The van der Waals surface area contributed by atoms with E-state index in [0.717, 1.165) is 11.7 Å². The molecule has 3 heteroatoms. The summed E-state index contributed by atoms with van der Waals surface area (Å²) in [5.74, 6) is 0.0949. The number of halogens is 1. The standard InChI is InChI=1S/C30H28OP.BrH/c1-24(2)30(31)22-25-18-20-26(21-19-25)23-32(27-12-6-3-7-13-27,28-14-8-4-9-15-28)29-16-10-5-11-17-29;/h3-21H,1,22-23H2,2H3;1H/q+1;/p-1. The maximum Gasteiger partial charge on any atom is 0.162 e. The molecular formula is C30H28BrOP. The summed E-state index contributed by atoms with van der Waals surface area (Å²) in [6, 6.07) is 41.3. The van der Waals surface area contributed by atoms with Crippen LogP contribution in [0, 0.1) is 0 Å². The molecule has 0 saturated carbocycles. The van der Waals surface area contributed by atoms with E-state index in [1.165, 1.54) is 21.5 Å². The fraction of sp³-hybridized carbons (Fsp3) is 0.100. The first-order valence-electron chi connectivity index (χ1n) is 10.9. The molecule has 0 bridgehead atoms. The average Bonchev–Trinajstić information content (AvgIpc) is 2.85. The number of hydrogen-bond acceptors (Lipinski definition) is 1. The number of carbonyl (C=O) groups excluding carboxylic acids is 1. The molecule has 4 rings (SSSR count). The van der Waals surface area contributed by atoms with Crippen LogP contribution in [0.2, 0.25) is 0 Å². The van der Waals surface area contributed by atoms with Crippen molar-refractivity contribution in [2.75, 3.05) is 0 Å². The van der Waals surface area contributed by atoms with E-state index < -0.39 is 7.26 Å². The van der Waals surface area contributed by atoms with Gasteiger partial charge < -0.3 is 17.0 Å². The van der Waals surface area contributed by atoms with Gasteiger partial charge in [0.25, 0.3) is 0 Å². The molecule has 0 aromatic heterocycles. The van der Waals surface area contributed by atoms with E-state index >= 15 is 0 Å². The van der Waals surface area contributed by atoms with Crippen LogP contribution >= 0.6 is 7.26 Å². The van der Waals surface area contributed by atoms with E-state index in [-0.39, 0.29) is 22.8 Å². The Balaban J connectivity index is 0.00000306. The van der Waals surface area contributed by atoms with E-state index in [1.807, 2.05) is 0 Å². The predicted molar refractivity (Wildman–Crippen MR) is 139 cm³/mol. The largest absolute Gasteiger partial charge is 1.00 e. The second-order valence-corrected chi connectivity index (χ2v) is 11.7. The molecule has 0 unspecified atom stereocenters. The van der Waals surface area contributed by atoms with Crippen LogP contribution in [0.5, 0.6) is 0 Å². The second-order valence-electron chi connectivity index (χ2n) is 8.17. The van der Waals surface area contributed by atoms with Gasteiger partial charge in [0.05, 0.1) is 6.16 Å². The van der Waals surface area contributed by atoms with Crippen LogP contribution < -0.4 is 32.9 Å². The van der Waals surface area contributed by atoms with Crippen LogP contribution in [0.25, 0.3) is 0 Å². The second kappa shape index (κ2) is 11.4. The number of carbonyl (C=O) groups is 1. The SMILES string of the molecule is C=C(C)C(=O)Cc1ccc(C[P+](c2ccccc2)(c2ccccc2)c2ccccc2)cc1.[Br-]. The lowest BCUT2D eigenvalue weighted by atomic mass is 10.0. The maximum atomic E-state index is 12.1. The summed E-state index contributed by atoms with van der Waals surface area (Å²) in [5.41, 5.74) is 2.92. The molecule has 166 valence electrons. The Hall–Kier alpha value is -2.80. The number of Topliss-reactive ketones (excluding diaryl/α,β-unsaturated/α-hetero) is 1. The number of ketones is 1. The van der Waals surface area contributed by atoms with Crippen LogP contribution in [0.15, 0.2) is 127 Å². The Morgan fingerprint density at radius 3 is 1.36 bits per heavy atom. The molecule has 0 aliphatic carbocycles. The molecule has 0 fully saturated rings. The Kier molecular flexibility index (Phi) is 8.55. The molecule has 0 aliphatic rings. The van der Waals surface area contributed by atoms with Gasteiger partial charge in [0.15, 0.2) is 5.78 Å². The quantitative estimate of drug-likeness (QED) is 0.261. The summed E-state index contributed by atoms with van der Waals surface area (Å²) in [6.45, 7) is 5.55. The topological polar surface area (TPSA) is 17.1 Å². The average molecular weight is 515 g/mol. The van der Waals surface area contributed by atoms with Crippen molar-refractivity contribution >= 4 is 29.0 Å². The summed E-state index contributed by atoms with van der Waals surface area (Å²) >= 11 is 0. The lowest BCUT2D eigenvalue weighted by molar-refractivity contribution is -0.114. The summed E-state index contributed by atoms with van der Waals surface area (Å²) < 4.78 is 0. The molecule has 0 heterocycles. The molecule has 0 amide bonds. The number of rotatable bonds is 8. The Labute approximate surface area is 208 Å². The third kappa shape index (κ3) is 5.58. The van der Waals surface area contributed by atoms with Gasteiger partial charge in [0.2, 0.25) is 0 Å². The Morgan fingerprint density at radius 2 is 1.00 bits per heavy atom. The van der Waals surface area contributed by atoms with E-state index in [9.17, 15) is 4.79 Å². The summed E-state index contributed by atoms with van der Waals surface area (Å²) in [5, 5.41) is 4.12. The van der Waals surface area contributed by atoms with Crippen molar-refractivity contribution in [1.82, 2.24) is 0 Å². The highest BCUT2D eigenvalue weighted by Crippen LogP contribution is 2.58. The molecular weight excluding hydrogens is 487 g/mol. The van der Waals surface area contributed by atoms with E-state index in [0.29, 0.717) is 12.0 Å². The minimum atomic E-state index is -1.91. The molecule has 33 heavy (non-hydrogen) atoms. The van der Waals surface area contributed by atoms with Crippen molar-refractivity contribution in [1.29, 1.82) is 0 Å². The lowest BCUT2D eigenvalue weighted by Crippen LogP contribution is -3.00. The zero-order valence-corrected chi connectivity index (χ0v) is 21.3. The van der Waals surface area contributed by atoms with Crippen LogP contribution in [0.1, 0.15) is 18.1 Å². The first-order chi connectivity index (χ1) is 15.6. The van der Waals surface area contributed by atoms with Crippen molar-refractivity contribution in [3.05, 3.63) is 139 Å². The van der Waals surface area contributed by atoms with Gasteiger partial charge in [0.1, 0.15) is 23.2 Å². The van der Waals surface area contributed by atoms with Gasteiger partial charge in [-0.15, -0.1) is 0 Å². The molecule has 4 aromatic rings. The molecule has 0 N–H and O–H groups in total. The van der Waals surface area contributed by atoms with Gasteiger partial charge in [-0.05, 0) is 60.0 Å². The lowest BCUT2D eigenvalue weighted by Gasteiger charge is -2.28. The van der Waals surface area contributed by atoms with Crippen LogP contribution in [0.4, 0.5) is 0 Å². The summed E-state index contributed by atoms with van der Waals surface area (Å²) in [7, 11) is -1.91. The molecule has 4 aromatic carbocycles. The first kappa shape index (κ1) is 24.8. The Bertz CT molecular complexity index is 1090. The van der Waals surface area contributed by atoms with Crippen LogP contribution in [-0.2, 0) is 17.4 Å². The molecule has 0 aliphatic heterocycles. The minimum Gasteiger partial charge on any atom is -1.00 e. The zero-order chi connectivity index (χ0) is 22.4. The van der Waals surface area contributed by atoms with Gasteiger partial charge in [-0.25, -0.2) is 0 Å². The number of benzene rings is 4. The summed E-state index contributed by atoms with van der Waals surface area (Å²) in [6.07, 6.45) is 1.34. The zero-order valence-electron chi connectivity index (χ0n) is 18.8. The van der Waals surface area contributed by atoms with Crippen LogP contribution in [0.3, 0.4) is 0 Å². The van der Waals surface area contributed by atoms with Gasteiger partial charge in [-0.2, -0.15) is 0 Å². The normalized spacial score (nSPS) is 10.8. The van der Waals surface area contributed by atoms with Crippen LogP contribution in [-0.4, -0.2) is 5.78 Å². The van der Waals surface area contributed by atoms with E-state index in [4.69, 9.17) is 0 Å². The third-order valence-corrected chi connectivity index (χ3v) is 10.3. The monoisotopic (exact) mass is 514 g/mol. The van der Waals surface area contributed by atoms with Gasteiger partial charge in [0, 0.05) is 6.42 Å². The predicted octanol–water partition coefficient (Wildman–Crippen LogP) is 2.87. The third-order valence-electron chi connectivity index (χ3n) is 5.87. The molecule has 1 nitrogen and oxygen atoms in total. The summed E-state index contributed by atoms with van der Waals surface area (Å²) in [4.78, 5) is 12.1. The van der Waals surface area contributed by atoms with Crippen molar-refractivity contribution < 1.29 is 21.8 Å². The molecule has 0 radical (unpaired) electrons. The van der Waals surface area contributed by atoms with Gasteiger partial charge in [-0.1, -0.05) is 85.4 Å². The van der Waals surface area contributed by atoms with E-state index in [2.05, 4.69) is 122 Å². The molecule has 0 spiro atoms. The molecule has 0 saturated heterocycles. The Morgan fingerprint density at radius 1 is 0.636 bits per heavy atom. The fourth-order valence-corrected chi connectivity index (χ4v) is 8.39. The van der Waals surface area contributed by atoms with E-state index in [1.54, 1.807) is 6.92 Å². The number of allylic oxidation sites excluding steroid dienone is 1. The minimum absolute atomic E-state index is 0. The number of hydrogen-bond donors (Lipinski definition) is 0. The molecule has 0 atom stereocenters. The smallest absolute Gasteiger partial charge is 0.162 e. The fourth-order valence-electron chi connectivity index (χ4n) is 4.14. The highest BCUT2D eigenvalue weighted by atomic mass is 79.9. The first-order valence-corrected chi connectivity index (χ1v) is 12.9. The van der Waals surface area contributed by atoms with Crippen molar-refractivity contribution in [3.8, 4) is 0 Å². The van der Waals surface area contributed by atoms with Gasteiger partial charge >= 0.3 is 0 Å². The highest BCUT2D eigenvalue weighted by Gasteiger charge is 2.45. The van der Waals surface area contributed by atoms with Crippen molar-refractivity contribution in [3.63, 3.8) is 0 Å². The van der Waals surface area contributed by atoms with Gasteiger partial charge in [-0.3, -0.25) is 4.79 Å².